The van der Waals surface area contributed by atoms with Gasteiger partial charge in [-0.25, -0.2) is 4.98 Å². The second-order valence-electron chi connectivity index (χ2n) is 8.67. The molecule has 3 aliphatic rings. The highest BCUT2D eigenvalue weighted by Crippen LogP contribution is 2.37. The normalized spacial score (nSPS) is 20.1. The number of dihydropyridines is 1. The number of aromatic nitrogens is 5. The molecule has 0 aromatic carbocycles. The molecule has 1 amide bonds. The maximum absolute atomic E-state index is 12.9. The van der Waals surface area contributed by atoms with Crippen LogP contribution in [0, 0.1) is 5.92 Å². The second-order valence-corrected chi connectivity index (χ2v) is 8.67. The number of anilines is 1. The number of nitrogens with zero attached hydrogens (tertiary/aromatic N) is 6. The molecule has 0 spiro atoms. The van der Waals surface area contributed by atoms with Gasteiger partial charge in [0, 0.05) is 42.5 Å². The maximum Gasteiger partial charge on any atom is 0.258 e. The van der Waals surface area contributed by atoms with Gasteiger partial charge in [0.25, 0.3) is 5.91 Å². The maximum atomic E-state index is 12.9. The first-order valence-electron chi connectivity index (χ1n) is 11.1. The Labute approximate surface area is 185 Å². The summed E-state index contributed by atoms with van der Waals surface area (Å²) in [4.78, 5) is 26.5. The van der Waals surface area contributed by atoms with Crippen LogP contribution >= 0.6 is 0 Å². The number of hydrogen-bond donors (Lipinski definition) is 1. The molecule has 1 unspecified atom stereocenters. The Bertz CT molecular complexity index is 1240. The number of nitrogens with one attached hydrogen (secondary N) is 1. The third-order valence-corrected chi connectivity index (χ3v) is 6.15. The second kappa shape index (κ2) is 7.78. The van der Waals surface area contributed by atoms with E-state index in [1.165, 1.54) is 18.6 Å². The van der Waals surface area contributed by atoms with E-state index in [0.717, 1.165) is 24.2 Å². The molecule has 0 bridgehead atoms. The lowest BCUT2D eigenvalue weighted by atomic mass is 9.96. The van der Waals surface area contributed by atoms with E-state index in [0.29, 0.717) is 35.6 Å². The van der Waals surface area contributed by atoms with Gasteiger partial charge in [-0.2, -0.15) is 0 Å². The van der Waals surface area contributed by atoms with Crippen LogP contribution in [0.15, 0.2) is 60.1 Å². The zero-order valence-corrected chi connectivity index (χ0v) is 17.6. The van der Waals surface area contributed by atoms with Gasteiger partial charge in [-0.15, -0.1) is 10.2 Å². The minimum Gasteiger partial charge on any atom is -0.309 e. The smallest absolute Gasteiger partial charge is 0.258 e. The lowest BCUT2D eigenvalue weighted by molar-refractivity contribution is 0.102. The van der Waals surface area contributed by atoms with E-state index in [1.54, 1.807) is 18.6 Å². The van der Waals surface area contributed by atoms with Crippen LogP contribution in [0.4, 0.5) is 5.82 Å². The van der Waals surface area contributed by atoms with Crippen LogP contribution in [-0.4, -0.2) is 42.9 Å². The van der Waals surface area contributed by atoms with Crippen LogP contribution in [0.25, 0.3) is 11.5 Å². The molecule has 8 heteroatoms. The van der Waals surface area contributed by atoms with Gasteiger partial charge < -0.3 is 9.88 Å². The first kappa shape index (κ1) is 19.0. The monoisotopic (exact) mass is 425 g/mol. The highest BCUT2D eigenvalue weighted by atomic mass is 16.1. The average Bonchev–Trinajstić information content (AvgIpc) is 3.78. The minimum atomic E-state index is -0.241. The van der Waals surface area contributed by atoms with Crippen molar-refractivity contribution in [3.63, 3.8) is 0 Å². The lowest BCUT2D eigenvalue weighted by Crippen LogP contribution is -2.15. The summed E-state index contributed by atoms with van der Waals surface area (Å²) in [5.41, 5.74) is 3.40. The molecule has 3 aromatic heterocycles. The van der Waals surface area contributed by atoms with E-state index < -0.39 is 0 Å². The van der Waals surface area contributed by atoms with Crippen molar-refractivity contribution in [3.05, 3.63) is 66.3 Å². The first-order valence-corrected chi connectivity index (χ1v) is 11.1. The third-order valence-electron chi connectivity index (χ3n) is 6.15. The van der Waals surface area contributed by atoms with Gasteiger partial charge in [0.05, 0.1) is 5.56 Å². The SMILES string of the molecule is O=C(Nc1cccc(-c2nncn2C2CC2)n1)c1cncc(C2C=CC(C3CC3)=NC2)c1. The van der Waals surface area contributed by atoms with Crippen molar-refractivity contribution in [2.45, 2.75) is 37.6 Å². The zero-order valence-electron chi connectivity index (χ0n) is 17.6. The molecule has 160 valence electrons. The molecular weight excluding hydrogens is 402 g/mol. The van der Waals surface area contributed by atoms with E-state index >= 15 is 0 Å². The number of aliphatic imine (C=N–C) groups is 1. The predicted octanol–water partition coefficient (Wildman–Crippen LogP) is 3.83. The predicted molar refractivity (Wildman–Crippen MR) is 121 cm³/mol. The van der Waals surface area contributed by atoms with Crippen molar-refractivity contribution >= 4 is 17.4 Å². The van der Waals surface area contributed by atoms with E-state index in [1.807, 2.05) is 24.4 Å². The Morgan fingerprint density at radius 2 is 2.03 bits per heavy atom. The van der Waals surface area contributed by atoms with Gasteiger partial charge in [0.2, 0.25) is 0 Å². The Kier molecular flexibility index (Phi) is 4.63. The molecule has 1 N–H and O–H groups in total. The fourth-order valence-electron chi connectivity index (χ4n) is 4.04. The summed E-state index contributed by atoms with van der Waals surface area (Å²) in [5.74, 6) is 1.76. The highest BCUT2D eigenvalue weighted by molar-refractivity contribution is 6.03. The molecular formula is C24H23N7O. The quantitative estimate of drug-likeness (QED) is 0.647. The molecule has 4 heterocycles. The van der Waals surface area contributed by atoms with Gasteiger partial charge in [-0.3, -0.25) is 14.8 Å². The zero-order chi connectivity index (χ0) is 21.5. The Morgan fingerprint density at radius 1 is 1.12 bits per heavy atom. The molecule has 2 aliphatic carbocycles. The summed E-state index contributed by atoms with van der Waals surface area (Å²) >= 11 is 0. The summed E-state index contributed by atoms with van der Waals surface area (Å²) in [5, 5.41) is 11.1. The Balaban J connectivity index is 1.18. The van der Waals surface area contributed by atoms with Crippen molar-refractivity contribution in [1.82, 2.24) is 24.7 Å². The molecule has 0 saturated heterocycles. The number of allylic oxidation sites excluding steroid dienone is 1. The number of pyridine rings is 2. The highest BCUT2D eigenvalue weighted by Gasteiger charge is 2.28. The first-order chi connectivity index (χ1) is 15.7. The number of rotatable bonds is 6. The molecule has 6 rings (SSSR count). The van der Waals surface area contributed by atoms with Crippen LogP contribution in [0.5, 0.6) is 0 Å². The number of hydrogen-bond acceptors (Lipinski definition) is 6. The fraction of sp³-hybridized carbons (Fsp3) is 0.333. The molecule has 0 radical (unpaired) electrons. The van der Waals surface area contributed by atoms with Crippen molar-refractivity contribution in [1.29, 1.82) is 0 Å². The van der Waals surface area contributed by atoms with Gasteiger partial charge >= 0.3 is 0 Å². The van der Waals surface area contributed by atoms with Gasteiger partial charge in [-0.1, -0.05) is 12.1 Å². The van der Waals surface area contributed by atoms with Crippen LogP contribution in [0.3, 0.4) is 0 Å². The third kappa shape index (κ3) is 3.84. The van der Waals surface area contributed by atoms with E-state index in [9.17, 15) is 4.79 Å². The number of amides is 1. The van der Waals surface area contributed by atoms with E-state index in [2.05, 4.69) is 42.2 Å². The van der Waals surface area contributed by atoms with Crippen molar-refractivity contribution in [2.24, 2.45) is 10.9 Å². The summed E-state index contributed by atoms with van der Waals surface area (Å²) in [6.45, 7) is 0.709. The van der Waals surface area contributed by atoms with Gasteiger partial charge in [-0.05, 0) is 55.5 Å². The lowest BCUT2D eigenvalue weighted by Gasteiger charge is -2.16. The minimum absolute atomic E-state index is 0.146. The largest absolute Gasteiger partial charge is 0.309 e. The van der Waals surface area contributed by atoms with Crippen molar-refractivity contribution < 1.29 is 4.79 Å². The Morgan fingerprint density at radius 3 is 2.81 bits per heavy atom. The molecule has 2 saturated carbocycles. The van der Waals surface area contributed by atoms with E-state index in [-0.39, 0.29) is 11.8 Å². The molecule has 1 aliphatic heterocycles. The van der Waals surface area contributed by atoms with E-state index in [4.69, 9.17) is 4.99 Å². The number of carbonyl (C=O) groups excluding carboxylic acids is 1. The molecule has 3 aromatic rings. The Hall–Kier alpha value is -3.68. The van der Waals surface area contributed by atoms with Crippen molar-refractivity contribution in [2.75, 3.05) is 11.9 Å². The van der Waals surface area contributed by atoms with Crippen LogP contribution in [0.1, 0.15) is 53.6 Å². The van der Waals surface area contributed by atoms with Crippen LogP contribution in [-0.2, 0) is 0 Å². The molecule has 1 atom stereocenters. The summed E-state index contributed by atoms with van der Waals surface area (Å²) in [7, 11) is 0. The number of carbonyl (C=O) groups is 1. The standard InChI is InChI=1S/C24H23N7O/c32-24(18-10-17(11-25-12-18)16-6-9-20(26-13-16)15-4-5-15)29-22-3-1-2-21(28-22)23-30-27-14-31(23)19-7-8-19/h1-3,6,9-12,14-16,19H,4-5,7-8,13H2,(H,28,29,32). The summed E-state index contributed by atoms with van der Waals surface area (Å²) < 4.78 is 2.05. The summed E-state index contributed by atoms with van der Waals surface area (Å²) in [6, 6.07) is 7.86. The fourth-order valence-corrected chi connectivity index (χ4v) is 4.04. The van der Waals surface area contributed by atoms with Crippen LogP contribution < -0.4 is 5.32 Å². The summed E-state index contributed by atoms with van der Waals surface area (Å²) in [6.07, 6.45) is 14.2. The molecule has 32 heavy (non-hydrogen) atoms. The van der Waals surface area contributed by atoms with Crippen LogP contribution in [0.2, 0.25) is 0 Å². The average molecular weight is 425 g/mol. The van der Waals surface area contributed by atoms with Gasteiger partial charge in [0.15, 0.2) is 5.82 Å². The molecule has 2 fully saturated rings. The molecule has 8 nitrogen and oxygen atoms in total. The topological polar surface area (TPSA) is 98.0 Å². The van der Waals surface area contributed by atoms with Crippen molar-refractivity contribution in [3.8, 4) is 11.5 Å². The van der Waals surface area contributed by atoms with Gasteiger partial charge in [0.1, 0.15) is 17.8 Å².